The summed E-state index contributed by atoms with van der Waals surface area (Å²) in [6, 6.07) is 16.7. The van der Waals surface area contributed by atoms with E-state index in [1.165, 1.54) is 6.07 Å². The standard InChI is InChI=1S/C20H23NO3.C8H9F.C2H6/c1-6-15-9-7-12(2)17(11-15)18(14(4)20(22)23)16-10-8-13(3)21-19(16)24-5;1-2-7-5-3-4-6-8(7)9;1-2/h7-11H,6H2,1-5H3,(H,22,23);3-6H,2H2,1H3;1-2H3/b18-14+;;. The lowest BCUT2D eigenvalue weighted by Crippen LogP contribution is -2.06. The van der Waals surface area contributed by atoms with E-state index in [9.17, 15) is 14.3 Å². The van der Waals surface area contributed by atoms with Crippen molar-refractivity contribution >= 4 is 11.5 Å². The molecule has 0 saturated carbocycles. The van der Waals surface area contributed by atoms with Crippen molar-refractivity contribution in [2.75, 3.05) is 7.11 Å². The number of methoxy groups -OCH3 is 1. The Bertz CT molecular complexity index is 1150. The molecule has 3 aromatic rings. The number of ether oxygens (including phenoxy) is 1. The number of aryl methyl sites for hydroxylation is 4. The first-order chi connectivity index (χ1) is 16.7. The van der Waals surface area contributed by atoms with Crippen LogP contribution in [0.25, 0.3) is 5.57 Å². The molecule has 0 unspecified atom stereocenters. The zero-order valence-electron chi connectivity index (χ0n) is 22.2. The maximum absolute atomic E-state index is 12.6. The number of benzene rings is 2. The van der Waals surface area contributed by atoms with Gasteiger partial charge in [0.1, 0.15) is 5.82 Å². The summed E-state index contributed by atoms with van der Waals surface area (Å²) in [6.45, 7) is 13.5. The number of carbonyl (C=O) groups is 1. The van der Waals surface area contributed by atoms with E-state index in [-0.39, 0.29) is 11.4 Å². The third-order valence-corrected chi connectivity index (χ3v) is 5.48. The highest BCUT2D eigenvalue weighted by molar-refractivity contribution is 6.01. The Hall–Kier alpha value is -3.47. The normalized spacial score (nSPS) is 10.8. The van der Waals surface area contributed by atoms with E-state index in [2.05, 4.69) is 24.0 Å². The summed E-state index contributed by atoms with van der Waals surface area (Å²) >= 11 is 0. The third-order valence-electron chi connectivity index (χ3n) is 5.48. The number of pyridine rings is 1. The van der Waals surface area contributed by atoms with Gasteiger partial charge in [-0.1, -0.05) is 64.1 Å². The highest BCUT2D eigenvalue weighted by atomic mass is 19.1. The molecule has 1 N–H and O–H groups in total. The second-order valence-electron chi connectivity index (χ2n) is 7.76. The Kier molecular flexibility index (Phi) is 12.4. The van der Waals surface area contributed by atoms with Crippen LogP contribution in [-0.4, -0.2) is 23.2 Å². The average molecular weight is 480 g/mol. The van der Waals surface area contributed by atoms with Gasteiger partial charge in [-0.2, -0.15) is 0 Å². The molecule has 0 aliphatic rings. The van der Waals surface area contributed by atoms with Crippen LogP contribution in [0.5, 0.6) is 5.88 Å². The maximum Gasteiger partial charge on any atom is 0.331 e. The first kappa shape index (κ1) is 29.6. The number of aliphatic carboxylic acids is 1. The highest BCUT2D eigenvalue weighted by Gasteiger charge is 2.20. The Morgan fingerprint density at radius 1 is 0.971 bits per heavy atom. The molecule has 5 heteroatoms. The topological polar surface area (TPSA) is 59.4 Å². The summed E-state index contributed by atoms with van der Waals surface area (Å²) < 4.78 is 18.0. The lowest BCUT2D eigenvalue weighted by molar-refractivity contribution is -0.132. The van der Waals surface area contributed by atoms with Crippen molar-refractivity contribution in [3.63, 3.8) is 0 Å². The van der Waals surface area contributed by atoms with Crippen LogP contribution in [0.2, 0.25) is 0 Å². The number of carboxylic acid groups (broad SMARTS) is 1. The predicted molar refractivity (Wildman–Crippen MR) is 143 cm³/mol. The Labute approximate surface area is 209 Å². The largest absolute Gasteiger partial charge is 0.481 e. The van der Waals surface area contributed by atoms with E-state index < -0.39 is 5.97 Å². The molecule has 188 valence electrons. The van der Waals surface area contributed by atoms with Crippen LogP contribution in [-0.2, 0) is 17.6 Å². The maximum atomic E-state index is 12.6. The molecular weight excluding hydrogens is 441 g/mol. The van der Waals surface area contributed by atoms with E-state index >= 15 is 0 Å². The Morgan fingerprint density at radius 2 is 1.63 bits per heavy atom. The van der Waals surface area contributed by atoms with Gasteiger partial charge in [0.25, 0.3) is 0 Å². The summed E-state index contributed by atoms with van der Waals surface area (Å²) in [6.07, 6.45) is 1.66. The minimum absolute atomic E-state index is 0.0972. The number of hydrogen-bond acceptors (Lipinski definition) is 3. The van der Waals surface area contributed by atoms with Crippen molar-refractivity contribution in [1.29, 1.82) is 0 Å². The molecule has 0 aliphatic carbocycles. The van der Waals surface area contributed by atoms with Gasteiger partial charge in [-0.05, 0) is 74.1 Å². The molecule has 0 atom stereocenters. The predicted octanol–water partition coefficient (Wildman–Crippen LogP) is 7.59. The van der Waals surface area contributed by atoms with Crippen molar-refractivity contribution in [3.8, 4) is 5.88 Å². The Morgan fingerprint density at radius 3 is 2.14 bits per heavy atom. The molecule has 0 saturated heterocycles. The molecule has 3 rings (SSSR count). The number of halogens is 1. The third kappa shape index (κ3) is 8.06. The fourth-order valence-corrected chi connectivity index (χ4v) is 3.48. The Balaban J connectivity index is 0.000000464. The smallest absolute Gasteiger partial charge is 0.331 e. The van der Waals surface area contributed by atoms with Crippen LogP contribution < -0.4 is 4.74 Å². The fourth-order valence-electron chi connectivity index (χ4n) is 3.48. The van der Waals surface area contributed by atoms with Crippen molar-refractivity contribution in [2.45, 2.75) is 61.3 Å². The van der Waals surface area contributed by atoms with Gasteiger partial charge >= 0.3 is 5.97 Å². The van der Waals surface area contributed by atoms with E-state index in [1.54, 1.807) is 26.2 Å². The van der Waals surface area contributed by atoms with Crippen LogP contribution in [0, 0.1) is 19.7 Å². The highest BCUT2D eigenvalue weighted by Crippen LogP contribution is 2.35. The number of rotatable bonds is 6. The SMILES string of the molecule is CC.CCc1ccc(C)c(/C(=C(\C)C(=O)O)c2ccc(C)nc2OC)c1.CCc1ccccc1F. The lowest BCUT2D eigenvalue weighted by atomic mass is 9.89. The van der Waals surface area contributed by atoms with Gasteiger partial charge in [0, 0.05) is 22.4 Å². The van der Waals surface area contributed by atoms with E-state index in [0.29, 0.717) is 17.0 Å². The monoisotopic (exact) mass is 479 g/mol. The number of hydrogen-bond donors (Lipinski definition) is 1. The molecule has 0 fully saturated rings. The summed E-state index contributed by atoms with van der Waals surface area (Å²) in [7, 11) is 1.55. The molecule has 0 bridgehead atoms. The quantitative estimate of drug-likeness (QED) is 0.370. The molecule has 0 aliphatic heterocycles. The van der Waals surface area contributed by atoms with Gasteiger partial charge < -0.3 is 9.84 Å². The summed E-state index contributed by atoms with van der Waals surface area (Å²) in [5.41, 5.74) is 6.31. The van der Waals surface area contributed by atoms with Gasteiger partial charge in [-0.15, -0.1) is 0 Å². The van der Waals surface area contributed by atoms with Gasteiger partial charge in [0.2, 0.25) is 5.88 Å². The number of carboxylic acids is 1. The summed E-state index contributed by atoms with van der Waals surface area (Å²) in [5, 5.41) is 9.59. The fraction of sp³-hybridized carbons (Fsp3) is 0.333. The minimum Gasteiger partial charge on any atom is -0.481 e. The zero-order valence-corrected chi connectivity index (χ0v) is 22.2. The van der Waals surface area contributed by atoms with Gasteiger partial charge in [0.15, 0.2) is 0 Å². The number of nitrogens with zero attached hydrogens (tertiary/aromatic N) is 1. The second kappa shape index (κ2) is 14.7. The molecule has 1 aromatic heterocycles. The zero-order chi connectivity index (χ0) is 26.5. The molecule has 0 spiro atoms. The number of aromatic nitrogens is 1. The van der Waals surface area contributed by atoms with Crippen LogP contribution >= 0.6 is 0 Å². The van der Waals surface area contributed by atoms with E-state index in [4.69, 9.17) is 4.74 Å². The van der Waals surface area contributed by atoms with E-state index in [0.717, 1.165) is 40.8 Å². The molecule has 0 radical (unpaired) electrons. The molecule has 1 heterocycles. The lowest BCUT2D eigenvalue weighted by Gasteiger charge is -2.17. The molecule has 0 amide bonds. The van der Waals surface area contributed by atoms with Gasteiger partial charge in [-0.25, -0.2) is 14.2 Å². The van der Waals surface area contributed by atoms with Crippen LogP contribution in [0.4, 0.5) is 4.39 Å². The van der Waals surface area contributed by atoms with Crippen LogP contribution in [0.3, 0.4) is 0 Å². The second-order valence-corrected chi connectivity index (χ2v) is 7.76. The first-order valence-corrected chi connectivity index (χ1v) is 12.0. The summed E-state index contributed by atoms with van der Waals surface area (Å²) in [5.74, 6) is -0.610. The first-order valence-electron chi connectivity index (χ1n) is 12.0. The van der Waals surface area contributed by atoms with Crippen LogP contribution in [0.1, 0.15) is 68.1 Å². The van der Waals surface area contributed by atoms with Gasteiger partial charge in [-0.3, -0.25) is 0 Å². The molecule has 4 nitrogen and oxygen atoms in total. The van der Waals surface area contributed by atoms with Crippen molar-refractivity contribution in [2.24, 2.45) is 0 Å². The molecule has 35 heavy (non-hydrogen) atoms. The van der Waals surface area contributed by atoms with Crippen molar-refractivity contribution in [1.82, 2.24) is 4.98 Å². The molecule has 2 aromatic carbocycles. The van der Waals surface area contributed by atoms with Crippen molar-refractivity contribution in [3.05, 3.63) is 99.5 Å². The van der Waals surface area contributed by atoms with E-state index in [1.807, 2.05) is 58.9 Å². The van der Waals surface area contributed by atoms with Crippen molar-refractivity contribution < 1.29 is 19.0 Å². The van der Waals surface area contributed by atoms with Gasteiger partial charge in [0.05, 0.1) is 7.11 Å². The van der Waals surface area contributed by atoms with Crippen LogP contribution in [0.15, 0.2) is 60.2 Å². The minimum atomic E-state index is -0.950. The summed E-state index contributed by atoms with van der Waals surface area (Å²) in [4.78, 5) is 16.1. The molecular formula is C30H38FNO3. The average Bonchev–Trinajstić information content (AvgIpc) is 2.87.